The lowest BCUT2D eigenvalue weighted by molar-refractivity contribution is 0.416. The number of nitrogens with zero attached hydrogens (tertiary/aromatic N) is 2. The van der Waals surface area contributed by atoms with Crippen LogP contribution in [-0.2, 0) is 0 Å². The van der Waals surface area contributed by atoms with Crippen LogP contribution >= 0.6 is 15.9 Å². The number of hydrogen-bond donors (Lipinski definition) is 1. The Hall–Kier alpha value is -1.62. The molecule has 0 bridgehead atoms. The topological polar surface area (TPSA) is 61.0 Å². The Labute approximate surface area is 126 Å². The van der Waals surface area contributed by atoms with Crippen LogP contribution in [0.4, 0.5) is 5.82 Å². The van der Waals surface area contributed by atoms with Gasteiger partial charge >= 0.3 is 0 Å². The van der Waals surface area contributed by atoms with Crippen molar-refractivity contribution < 1.29 is 4.74 Å². The lowest BCUT2D eigenvalue weighted by Gasteiger charge is -2.11. The van der Waals surface area contributed by atoms with Crippen molar-refractivity contribution in [2.45, 2.75) is 25.7 Å². The fourth-order valence-electron chi connectivity index (χ4n) is 2.21. The van der Waals surface area contributed by atoms with E-state index in [4.69, 9.17) is 10.5 Å². The van der Waals surface area contributed by atoms with E-state index in [1.54, 1.807) is 7.11 Å². The highest BCUT2D eigenvalue weighted by Gasteiger charge is 2.29. The average Bonchev–Trinajstić information content (AvgIpc) is 3.26. The normalized spacial score (nSPS) is 14.3. The number of halogens is 1. The fourth-order valence-corrected chi connectivity index (χ4v) is 2.71. The molecule has 1 aromatic carbocycles. The summed E-state index contributed by atoms with van der Waals surface area (Å²) in [5, 5.41) is 0. The second-order valence-corrected chi connectivity index (χ2v) is 5.90. The fraction of sp³-hybridized carbons (Fsp3) is 0.333. The van der Waals surface area contributed by atoms with Gasteiger partial charge in [0, 0.05) is 5.92 Å². The van der Waals surface area contributed by atoms with Crippen molar-refractivity contribution >= 4 is 21.7 Å². The maximum Gasteiger partial charge on any atom is 0.165 e. The zero-order chi connectivity index (χ0) is 14.3. The summed E-state index contributed by atoms with van der Waals surface area (Å²) in [5.41, 5.74) is 9.03. The van der Waals surface area contributed by atoms with E-state index in [-0.39, 0.29) is 0 Å². The minimum absolute atomic E-state index is 0.486. The molecule has 0 aliphatic heterocycles. The van der Waals surface area contributed by atoms with E-state index in [0.29, 0.717) is 17.6 Å². The zero-order valence-electron chi connectivity index (χ0n) is 11.5. The minimum Gasteiger partial charge on any atom is -0.496 e. The summed E-state index contributed by atoms with van der Waals surface area (Å²) in [6.07, 6.45) is 2.33. The molecule has 5 heteroatoms. The Balaban J connectivity index is 2.15. The van der Waals surface area contributed by atoms with Crippen LogP contribution in [0.25, 0.3) is 11.4 Å². The molecule has 0 saturated heterocycles. The average molecular weight is 334 g/mol. The number of aromatic nitrogens is 2. The molecule has 104 valence electrons. The number of methoxy groups -OCH3 is 1. The van der Waals surface area contributed by atoms with Crippen molar-refractivity contribution in [2.75, 3.05) is 12.8 Å². The molecular weight excluding hydrogens is 318 g/mol. The second kappa shape index (κ2) is 5.05. The van der Waals surface area contributed by atoms with E-state index >= 15 is 0 Å². The van der Waals surface area contributed by atoms with Gasteiger partial charge < -0.3 is 10.5 Å². The minimum atomic E-state index is 0.486. The first-order valence-corrected chi connectivity index (χ1v) is 7.37. The molecule has 1 heterocycles. The number of nitrogen functional groups attached to an aromatic ring is 1. The van der Waals surface area contributed by atoms with Gasteiger partial charge in [0.25, 0.3) is 0 Å². The highest BCUT2D eigenvalue weighted by molar-refractivity contribution is 9.10. The first-order chi connectivity index (χ1) is 9.60. The number of anilines is 1. The second-order valence-electron chi connectivity index (χ2n) is 5.11. The maximum absolute atomic E-state index is 6.01. The molecule has 0 atom stereocenters. The number of hydrogen-bond acceptors (Lipinski definition) is 4. The predicted molar refractivity (Wildman–Crippen MR) is 82.8 cm³/mol. The SMILES string of the molecule is COc1cc(C)ccc1-c1nc(N)c(Br)c(C2CC2)n1. The Morgan fingerprint density at radius 2 is 2.05 bits per heavy atom. The van der Waals surface area contributed by atoms with E-state index in [0.717, 1.165) is 27.0 Å². The highest BCUT2D eigenvalue weighted by Crippen LogP contribution is 2.44. The summed E-state index contributed by atoms with van der Waals surface area (Å²) in [5.74, 6) is 2.39. The molecule has 2 N–H and O–H groups in total. The van der Waals surface area contributed by atoms with Gasteiger partial charge in [0.15, 0.2) is 5.82 Å². The van der Waals surface area contributed by atoms with Crippen LogP contribution in [0.3, 0.4) is 0 Å². The molecule has 1 saturated carbocycles. The van der Waals surface area contributed by atoms with Crippen molar-refractivity contribution in [2.24, 2.45) is 0 Å². The van der Waals surface area contributed by atoms with Crippen molar-refractivity contribution in [3.63, 3.8) is 0 Å². The summed E-state index contributed by atoms with van der Waals surface area (Å²) in [6, 6.07) is 5.98. The molecule has 0 amide bonds. The number of aryl methyl sites for hydroxylation is 1. The summed E-state index contributed by atoms with van der Waals surface area (Å²) < 4.78 is 6.26. The van der Waals surface area contributed by atoms with E-state index in [1.807, 2.05) is 25.1 Å². The first kappa shape index (κ1) is 13.4. The van der Waals surface area contributed by atoms with Crippen molar-refractivity contribution in [1.82, 2.24) is 9.97 Å². The van der Waals surface area contributed by atoms with Crippen LogP contribution in [0.1, 0.15) is 30.0 Å². The molecule has 0 unspecified atom stereocenters. The molecule has 1 aliphatic carbocycles. The Kier molecular flexibility index (Phi) is 3.38. The summed E-state index contributed by atoms with van der Waals surface area (Å²) in [6.45, 7) is 2.03. The quantitative estimate of drug-likeness (QED) is 0.930. The summed E-state index contributed by atoms with van der Waals surface area (Å²) in [7, 11) is 1.66. The molecule has 0 spiro atoms. The van der Waals surface area contributed by atoms with Crippen molar-refractivity contribution in [3.8, 4) is 17.1 Å². The highest BCUT2D eigenvalue weighted by atomic mass is 79.9. The van der Waals surface area contributed by atoms with Gasteiger partial charge in [-0.1, -0.05) is 6.07 Å². The van der Waals surface area contributed by atoms with Gasteiger partial charge in [0.1, 0.15) is 11.6 Å². The third-order valence-corrected chi connectivity index (χ3v) is 4.28. The smallest absolute Gasteiger partial charge is 0.165 e. The molecule has 1 aliphatic rings. The molecule has 20 heavy (non-hydrogen) atoms. The zero-order valence-corrected chi connectivity index (χ0v) is 13.1. The third-order valence-electron chi connectivity index (χ3n) is 3.46. The molecule has 0 radical (unpaired) electrons. The van der Waals surface area contributed by atoms with Gasteiger partial charge in [-0.15, -0.1) is 0 Å². The van der Waals surface area contributed by atoms with E-state index in [2.05, 4.69) is 25.9 Å². The van der Waals surface area contributed by atoms with Gasteiger partial charge in [-0.3, -0.25) is 0 Å². The van der Waals surface area contributed by atoms with Gasteiger partial charge in [0.05, 0.1) is 22.8 Å². The Morgan fingerprint density at radius 3 is 2.70 bits per heavy atom. The van der Waals surface area contributed by atoms with Crippen LogP contribution in [-0.4, -0.2) is 17.1 Å². The van der Waals surface area contributed by atoms with Crippen molar-refractivity contribution in [3.05, 3.63) is 33.9 Å². The van der Waals surface area contributed by atoms with Crippen LogP contribution < -0.4 is 10.5 Å². The Bertz CT molecular complexity index is 668. The lowest BCUT2D eigenvalue weighted by atomic mass is 10.1. The first-order valence-electron chi connectivity index (χ1n) is 6.58. The molecule has 1 fully saturated rings. The molecule has 3 rings (SSSR count). The van der Waals surface area contributed by atoms with E-state index in [1.165, 1.54) is 12.8 Å². The summed E-state index contributed by atoms with van der Waals surface area (Å²) in [4.78, 5) is 9.08. The molecular formula is C15H16BrN3O. The standard InChI is InChI=1S/C15H16BrN3O/c1-8-3-6-10(11(7-8)20-2)15-18-13(9-4-5-9)12(16)14(17)19-15/h3,6-7,9H,4-5H2,1-2H3,(H2,17,18,19). The summed E-state index contributed by atoms with van der Waals surface area (Å²) >= 11 is 3.49. The van der Waals surface area contributed by atoms with Gasteiger partial charge in [0.2, 0.25) is 0 Å². The number of ether oxygens (including phenoxy) is 1. The number of benzene rings is 1. The van der Waals surface area contributed by atoms with E-state index < -0.39 is 0 Å². The maximum atomic E-state index is 6.01. The van der Waals surface area contributed by atoms with Crippen LogP contribution in [0.15, 0.2) is 22.7 Å². The third kappa shape index (κ3) is 2.38. The molecule has 1 aromatic heterocycles. The van der Waals surface area contributed by atoms with Gasteiger partial charge in [-0.05, 0) is 53.4 Å². The lowest BCUT2D eigenvalue weighted by Crippen LogP contribution is -2.03. The van der Waals surface area contributed by atoms with Crippen LogP contribution in [0.5, 0.6) is 5.75 Å². The van der Waals surface area contributed by atoms with Crippen molar-refractivity contribution in [1.29, 1.82) is 0 Å². The number of nitrogens with two attached hydrogens (primary N) is 1. The van der Waals surface area contributed by atoms with E-state index in [9.17, 15) is 0 Å². The van der Waals surface area contributed by atoms with Crippen LogP contribution in [0, 0.1) is 6.92 Å². The predicted octanol–water partition coefficient (Wildman–Crippen LogP) is 3.68. The van der Waals surface area contributed by atoms with Gasteiger partial charge in [-0.25, -0.2) is 9.97 Å². The van der Waals surface area contributed by atoms with Crippen LogP contribution in [0.2, 0.25) is 0 Å². The number of rotatable bonds is 3. The molecule has 2 aromatic rings. The largest absolute Gasteiger partial charge is 0.496 e. The monoisotopic (exact) mass is 333 g/mol. The van der Waals surface area contributed by atoms with Gasteiger partial charge in [-0.2, -0.15) is 0 Å². The molecule has 4 nitrogen and oxygen atoms in total. The Morgan fingerprint density at radius 1 is 1.30 bits per heavy atom.